The summed E-state index contributed by atoms with van der Waals surface area (Å²) >= 11 is 0. The number of benzene rings is 2. The van der Waals surface area contributed by atoms with Crippen LogP contribution in [0, 0.1) is 5.92 Å². The molecule has 0 aliphatic heterocycles. The van der Waals surface area contributed by atoms with Gasteiger partial charge in [0.25, 0.3) is 5.91 Å². The maximum absolute atomic E-state index is 12.4. The number of carbonyl (C=O) groups excluding carboxylic acids is 2. The Morgan fingerprint density at radius 2 is 1.57 bits per heavy atom. The highest BCUT2D eigenvalue weighted by atomic mass is 16.3. The standard InChI is InChI=1S/C23H24N2O3/c1-16(2)13-17-8-10-18(11-9-17)14-22(26)24-19-5-3-6-20(15-19)25-23(27)21-7-4-12-28-21/h3-12,15-16H,13-14H2,1-2H3,(H,24,26)(H,25,27). The molecule has 1 heterocycles. The van der Waals surface area contributed by atoms with Crippen LogP contribution in [0.5, 0.6) is 0 Å². The predicted octanol–water partition coefficient (Wildman–Crippen LogP) is 4.91. The second-order valence-electron chi connectivity index (χ2n) is 7.15. The van der Waals surface area contributed by atoms with E-state index in [1.807, 2.05) is 12.1 Å². The van der Waals surface area contributed by atoms with Crippen LogP contribution in [0.1, 0.15) is 35.5 Å². The number of nitrogens with one attached hydrogen (secondary N) is 2. The molecule has 0 saturated heterocycles. The largest absolute Gasteiger partial charge is 0.459 e. The van der Waals surface area contributed by atoms with Gasteiger partial charge in [0.2, 0.25) is 5.91 Å². The molecular weight excluding hydrogens is 352 g/mol. The first kappa shape index (κ1) is 19.4. The molecule has 1 aromatic heterocycles. The molecule has 0 unspecified atom stereocenters. The van der Waals surface area contributed by atoms with Gasteiger partial charge >= 0.3 is 0 Å². The molecule has 0 bridgehead atoms. The molecular formula is C23H24N2O3. The van der Waals surface area contributed by atoms with Crippen LogP contribution in [0.3, 0.4) is 0 Å². The van der Waals surface area contributed by atoms with Gasteiger partial charge in [-0.1, -0.05) is 44.2 Å². The lowest BCUT2D eigenvalue weighted by molar-refractivity contribution is -0.115. The van der Waals surface area contributed by atoms with Gasteiger partial charge in [0.05, 0.1) is 12.7 Å². The number of rotatable bonds is 7. The van der Waals surface area contributed by atoms with Crippen LogP contribution in [0.2, 0.25) is 0 Å². The Bertz CT molecular complexity index is 929. The number of amides is 2. The quantitative estimate of drug-likeness (QED) is 0.615. The van der Waals surface area contributed by atoms with E-state index in [1.165, 1.54) is 11.8 Å². The Kier molecular flexibility index (Phi) is 6.27. The van der Waals surface area contributed by atoms with E-state index in [9.17, 15) is 9.59 Å². The number of carbonyl (C=O) groups is 2. The number of furan rings is 1. The van der Waals surface area contributed by atoms with E-state index in [1.54, 1.807) is 36.4 Å². The van der Waals surface area contributed by atoms with Crippen molar-refractivity contribution in [3.05, 3.63) is 83.8 Å². The highest BCUT2D eigenvalue weighted by Gasteiger charge is 2.10. The van der Waals surface area contributed by atoms with Gasteiger partial charge in [-0.15, -0.1) is 0 Å². The van der Waals surface area contributed by atoms with Crippen molar-refractivity contribution < 1.29 is 14.0 Å². The van der Waals surface area contributed by atoms with Crippen LogP contribution in [0.4, 0.5) is 11.4 Å². The van der Waals surface area contributed by atoms with E-state index in [2.05, 4.69) is 36.6 Å². The van der Waals surface area contributed by atoms with Crippen molar-refractivity contribution in [1.29, 1.82) is 0 Å². The fourth-order valence-corrected chi connectivity index (χ4v) is 2.93. The van der Waals surface area contributed by atoms with Gasteiger partial charge in [0.1, 0.15) is 0 Å². The number of anilines is 2. The van der Waals surface area contributed by atoms with Crippen LogP contribution < -0.4 is 10.6 Å². The molecule has 0 aliphatic rings. The molecule has 0 spiro atoms. The predicted molar refractivity (Wildman–Crippen MR) is 110 cm³/mol. The molecule has 144 valence electrons. The SMILES string of the molecule is CC(C)Cc1ccc(CC(=O)Nc2cccc(NC(=O)c3ccco3)c2)cc1. The fraction of sp³-hybridized carbons (Fsp3) is 0.217. The van der Waals surface area contributed by atoms with E-state index in [-0.39, 0.29) is 17.6 Å². The van der Waals surface area contributed by atoms with Gasteiger partial charge < -0.3 is 15.1 Å². The summed E-state index contributed by atoms with van der Waals surface area (Å²) in [6.45, 7) is 4.37. The minimum Gasteiger partial charge on any atom is -0.459 e. The van der Waals surface area contributed by atoms with Crippen molar-refractivity contribution in [3.8, 4) is 0 Å². The smallest absolute Gasteiger partial charge is 0.291 e. The second kappa shape index (κ2) is 9.04. The third-order valence-corrected chi connectivity index (χ3v) is 4.18. The molecule has 0 aliphatic carbocycles. The normalized spacial score (nSPS) is 10.7. The molecule has 28 heavy (non-hydrogen) atoms. The summed E-state index contributed by atoms with van der Waals surface area (Å²) in [6, 6.07) is 18.4. The lowest BCUT2D eigenvalue weighted by Gasteiger charge is -2.09. The van der Waals surface area contributed by atoms with Gasteiger partial charge in [0.15, 0.2) is 5.76 Å². The highest BCUT2D eigenvalue weighted by Crippen LogP contribution is 2.17. The van der Waals surface area contributed by atoms with Crippen LogP contribution in [0.25, 0.3) is 0 Å². The Morgan fingerprint density at radius 1 is 0.893 bits per heavy atom. The van der Waals surface area contributed by atoms with Gasteiger partial charge in [0, 0.05) is 11.4 Å². The number of hydrogen-bond acceptors (Lipinski definition) is 3. The Hall–Kier alpha value is -3.34. The molecule has 0 radical (unpaired) electrons. The first-order chi connectivity index (χ1) is 13.5. The molecule has 5 heteroatoms. The van der Waals surface area contributed by atoms with Gasteiger partial charge in [-0.3, -0.25) is 9.59 Å². The maximum atomic E-state index is 12.4. The third-order valence-electron chi connectivity index (χ3n) is 4.18. The van der Waals surface area contributed by atoms with Crippen LogP contribution in [0.15, 0.2) is 71.3 Å². The van der Waals surface area contributed by atoms with E-state index in [4.69, 9.17) is 4.42 Å². The minimum absolute atomic E-state index is 0.105. The summed E-state index contributed by atoms with van der Waals surface area (Å²) < 4.78 is 5.08. The molecule has 3 aromatic rings. The number of hydrogen-bond donors (Lipinski definition) is 2. The molecule has 0 fully saturated rings. The van der Waals surface area contributed by atoms with Crippen molar-refractivity contribution in [3.63, 3.8) is 0 Å². The Morgan fingerprint density at radius 3 is 2.21 bits per heavy atom. The van der Waals surface area contributed by atoms with Crippen LogP contribution >= 0.6 is 0 Å². The highest BCUT2D eigenvalue weighted by molar-refractivity contribution is 6.02. The van der Waals surface area contributed by atoms with Crippen molar-refractivity contribution in [1.82, 2.24) is 0 Å². The van der Waals surface area contributed by atoms with E-state index >= 15 is 0 Å². The van der Waals surface area contributed by atoms with E-state index in [0.29, 0.717) is 23.7 Å². The summed E-state index contributed by atoms with van der Waals surface area (Å²) in [5, 5.41) is 5.62. The van der Waals surface area contributed by atoms with E-state index in [0.717, 1.165) is 12.0 Å². The zero-order valence-electron chi connectivity index (χ0n) is 16.1. The van der Waals surface area contributed by atoms with Crippen molar-refractivity contribution in [2.75, 3.05) is 10.6 Å². The van der Waals surface area contributed by atoms with Crippen LogP contribution in [-0.4, -0.2) is 11.8 Å². The van der Waals surface area contributed by atoms with Crippen molar-refractivity contribution in [2.45, 2.75) is 26.7 Å². The molecule has 0 atom stereocenters. The average molecular weight is 376 g/mol. The van der Waals surface area contributed by atoms with Crippen molar-refractivity contribution >= 4 is 23.2 Å². The topological polar surface area (TPSA) is 71.3 Å². The Balaban J connectivity index is 1.57. The first-order valence-electron chi connectivity index (χ1n) is 9.32. The third kappa shape index (κ3) is 5.58. The maximum Gasteiger partial charge on any atom is 0.291 e. The zero-order valence-corrected chi connectivity index (χ0v) is 16.1. The lowest BCUT2D eigenvalue weighted by atomic mass is 10.0. The molecule has 5 nitrogen and oxygen atoms in total. The summed E-state index contributed by atoms with van der Waals surface area (Å²) in [4.78, 5) is 24.4. The molecule has 2 N–H and O–H groups in total. The monoisotopic (exact) mass is 376 g/mol. The molecule has 2 aromatic carbocycles. The molecule has 3 rings (SSSR count). The summed E-state index contributed by atoms with van der Waals surface area (Å²) in [5.74, 6) is 0.395. The van der Waals surface area contributed by atoms with Gasteiger partial charge in [-0.2, -0.15) is 0 Å². The van der Waals surface area contributed by atoms with Gasteiger partial charge in [-0.25, -0.2) is 0 Å². The second-order valence-corrected chi connectivity index (χ2v) is 7.15. The average Bonchev–Trinajstić information content (AvgIpc) is 3.18. The first-order valence-corrected chi connectivity index (χ1v) is 9.32. The summed E-state index contributed by atoms with van der Waals surface area (Å²) in [6.07, 6.45) is 2.77. The van der Waals surface area contributed by atoms with Crippen molar-refractivity contribution in [2.24, 2.45) is 5.92 Å². The van der Waals surface area contributed by atoms with Gasteiger partial charge in [-0.05, 0) is 53.8 Å². The van der Waals surface area contributed by atoms with E-state index < -0.39 is 0 Å². The lowest BCUT2D eigenvalue weighted by Crippen LogP contribution is -2.15. The Labute approximate surface area is 164 Å². The summed E-state index contributed by atoms with van der Waals surface area (Å²) in [7, 11) is 0. The summed E-state index contributed by atoms with van der Waals surface area (Å²) in [5.41, 5.74) is 3.45. The molecule has 0 saturated carbocycles. The fourth-order valence-electron chi connectivity index (χ4n) is 2.93. The van der Waals surface area contributed by atoms with Crippen LogP contribution in [-0.2, 0) is 17.6 Å². The zero-order chi connectivity index (χ0) is 19.9. The minimum atomic E-state index is -0.338. The molecule has 2 amide bonds.